The average molecular weight is 366 g/mol. The number of benzene rings is 1. The zero-order valence-electron chi connectivity index (χ0n) is 14.5. The first-order chi connectivity index (χ1) is 12.4. The second-order valence-electron chi connectivity index (χ2n) is 7.46. The third-order valence-corrected chi connectivity index (χ3v) is 5.19. The standard InChI is InChI=1S/C18H20F2N2O4/c1-11(23)2-3-13-6-22(17(24)26-13)12-4-14(19)16(15(20)5-12)21-7-18(8-21)9-25-10-18/h4-5,13H,2-3,6-10H2,1H3/t13-/m0/s1. The zero-order valence-corrected chi connectivity index (χ0v) is 14.5. The molecule has 140 valence electrons. The van der Waals surface area contributed by atoms with Gasteiger partial charge in [-0.2, -0.15) is 0 Å². The van der Waals surface area contributed by atoms with E-state index in [2.05, 4.69) is 0 Å². The maximum Gasteiger partial charge on any atom is 0.414 e. The summed E-state index contributed by atoms with van der Waals surface area (Å²) in [6.45, 7) is 4.04. The lowest BCUT2D eigenvalue weighted by molar-refractivity contribution is -0.127. The van der Waals surface area contributed by atoms with Gasteiger partial charge >= 0.3 is 6.09 Å². The Labute approximate surface area is 149 Å². The normalized spacial score (nSPS) is 23.7. The van der Waals surface area contributed by atoms with E-state index in [-0.39, 0.29) is 29.1 Å². The Hall–Kier alpha value is -2.22. The number of amides is 1. The Kier molecular flexibility index (Phi) is 4.10. The molecule has 0 radical (unpaired) electrons. The van der Waals surface area contributed by atoms with Gasteiger partial charge < -0.3 is 19.2 Å². The summed E-state index contributed by atoms with van der Waals surface area (Å²) in [6.07, 6.45) is -0.405. The van der Waals surface area contributed by atoms with Crippen molar-refractivity contribution in [2.45, 2.75) is 25.9 Å². The molecule has 1 amide bonds. The monoisotopic (exact) mass is 366 g/mol. The molecule has 3 heterocycles. The van der Waals surface area contributed by atoms with Crippen molar-refractivity contribution in [2.75, 3.05) is 42.6 Å². The van der Waals surface area contributed by atoms with E-state index in [9.17, 15) is 18.4 Å². The predicted molar refractivity (Wildman–Crippen MR) is 89.4 cm³/mol. The van der Waals surface area contributed by atoms with Crippen LogP contribution in [0.15, 0.2) is 12.1 Å². The number of nitrogens with zero attached hydrogens (tertiary/aromatic N) is 2. The first kappa shape index (κ1) is 17.2. The minimum atomic E-state index is -0.699. The number of ketones is 1. The van der Waals surface area contributed by atoms with Crippen LogP contribution in [-0.2, 0) is 14.3 Å². The highest BCUT2D eigenvalue weighted by Crippen LogP contribution is 2.42. The van der Waals surface area contributed by atoms with E-state index >= 15 is 0 Å². The number of rotatable bonds is 5. The molecule has 3 fully saturated rings. The van der Waals surface area contributed by atoms with Crippen molar-refractivity contribution >= 4 is 23.3 Å². The van der Waals surface area contributed by atoms with Gasteiger partial charge in [0.25, 0.3) is 0 Å². The smallest absolute Gasteiger partial charge is 0.414 e. The summed E-state index contributed by atoms with van der Waals surface area (Å²) in [4.78, 5) is 26.0. The SMILES string of the molecule is CC(=O)CC[C@H]1CN(c2cc(F)c(N3CC4(COC4)C3)c(F)c2)C(=O)O1. The predicted octanol–water partition coefficient (Wildman–Crippen LogP) is 2.50. The Balaban J connectivity index is 1.48. The third-order valence-electron chi connectivity index (χ3n) is 5.19. The highest BCUT2D eigenvalue weighted by molar-refractivity contribution is 5.90. The van der Waals surface area contributed by atoms with Gasteiger partial charge in [0.15, 0.2) is 11.6 Å². The first-order valence-corrected chi connectivity index (χ1v) is 8.66. The van der Waals surface area contributed by atoms with Crippen molar-refractivity contribution in [3.63, 3.8) is 0 Å². The fourth-order valence-electron chi connectivity index (χ4n) is 3.75. The van der Waals surface area contributed by atoms with Crippen molar-refractivity contribution in [3.05, 3.63) is 23.8 Å². The van der Waals surface area contributed by atoms with Crippen LogP contribution in [0, 0.1) is 17.0 Å². The van der Waals surface area contributed by atoms with Gasteiger partial charge in [-0.15, -0.1) is 0 Å². The Bertz CT molecular complexity index is 735. The molecular weight excluding hydrogens is 346 g/mol. The molecule has 6 nitrogen and oxygen atoms in total. The number of hydrogen-bond donors (Lipinski definition) is 0. The van der Waals surface area contributed by atoms with E-state index in [0.29, 0.717) is 39.1 Å². The molecule has 0 aromatic heterocycles. The molecule has 3 saturated heterocycles. The van der Waals surface area contributed by atoms with Crippen molar-refractivity contribution in [2.24, 2.45) is 5.41 Å². The summed E-state index contributed by atoms with van der Waals surface area (Å²) >= 11 is 0. The van der Waals surface area contributed by atoms with Crippen LogP contribution in [-0.4, -0.2) is 50.8 Å². The molecule has 1 aromatic carbocycles. The molecule has 0 saturated carbocycles. The summed E-state index contributed by atoms with van der Waals surface area (Å²) in [7, 11) is 0. The molecular formula is C18H20F2N2O4. The summed E-state index contributed by atoms with van der Waals surface area (Å²) in [5.41, 5.74) is 0.105. The highest BCUT2D eigenvalue weighted by Gasteiger charge is 2.50. The van der Waals surface area contributed by atoms with E-state index < -0.39 is 23.8 Å². The quantitative estimate of drug-likeness (QED) is 0.801. The highest BCUT2D eigenvalue weighted by atomic mass is 19.1. The minimum Gasteiger partial charge on any atom is -0.444 e. The maximum atomic E-state index is 14.6. The zero-order chi connectivity index (χ0) is 18.5. The fourth-order valence-corrected chi connectivity index (χ4v) is 3.75. The molecule has 0 N–H and O–H groups in total. The number of carbonyl (C=O) groups is 2. The van der Waals surface area contributed by atoms with Crippen LogP contribution in [0.4, 0.5) is 25.0 Å². The lowest BCUT2D eigenvalue weighted by Gasteiger charge is -2.56. The molecule has 4 rings (SSSR count). The summed E-state index contributed by atoms with van der Waals surface area (Å²) in [5, 5.41) is 0. The molecule has 0 aliphatic carbocycles. The van der Waals surface area contributed by atoms with E-state index in [1.165, 1.54) is 11.8 Å². The van der Waals surface area contributed by atoms with Gasteiger partial charge in [0.05, 0.1) is 30.9 Å². The molecule has 3 aliphatic heterocycles. The Morgan fingerprint density at radius 3 is 2.46 bits per heavy atom. The number of cyclic esters (lactones) is 1. The molecule has 8 heteroatoms. The van der Waals surface area contributed by atoms with Crippen LogP contribution < -0.4 is 9.80 Å². The summed E-state index contributed by atoms with van der Waals surface area (Å²) in [6, 6.07) is 2.32. The largest absolute Gasteiger partial charge is 0.444 e. The van der Waals surface area contributed by atoms with Crippen LogP contribution in [0.5, 0.6) is 0 Å². The molecule has 0 unspecified atom stereocenters. The van der Waals surface area contributed by atoms with Crippen molar-refractivity contribution in [3.8, 4) is 0 Å². The molecule has 1 atom stereocenters. The topological polar surface area (TPSA) is 59.1 Å². The number of ether oxygens (including phenoxy) is 2. The van der Waals surface area contributed by atoms with Crippen LogP contribution >= 0.6 is 0 Å². The molecule has 0 bridgehead atoms. The molecule has 1 spiro atoms. The van der Waals surface area contributed by atoms with E-state index in [1.807, 2.05) is 0 Å². The van der Waals surface area contributed by atoms with Crippen molar-refractivity contribution in [1.82, 2.24) is 0 Å². The Morgan fingerprint density at radius 2 is 1.92 bits per heavy atom. The summed E-state index contributed by atoms with van der Waals surface area (Å²) in [5.74, 6) is -1.39. The van der Waals surface area contributed by atoms with Crippen molar-refractivity contribution < 1.29 is 27.8 Å². The van der Waals surface area contributed by atoms with Gasteiger partial charge in [-0.1, -0.05) is 0 Å². The second-order valence-corrected chi connectivity index (χ2v) is 7.46. The lowest BCUT2D eigenvalue weighted by Crippen LogP contribution is -2.66. The van der Waals surface area contributed by atoms with Gasteiger partial charge in [0, 0.05) is 31.6 Å². The fraction of sp³-hybridized carbons (Fsp3) is 0.556. The Morgan fingerprint density at radius 1 is 1.27 bits per heavy atom. The van der Waals surface area contributed by atoms with Gasteiger partial charge in [-0.3, -0.25) is 4.90 Å². The number of anilines is 2. The van der Waals surface area contributed by atoms with Gasteiger partial charge in [-0.05, 0) is 13.3 Å². The summed E-state index contributed by atoms with van der Waals surface area (Å²) < 4.78 is 39.5. The van der Waals surface area contributed by atoms with E-state index in [4.69, 9.17) is 9.47 Å². The van der Waals surface area contributed by atoms with Crippen LogP contribution in [0.3, 0.4) is 0 Å². The van der Waals surface area contributed by atoms with Crippen molar-refractivity contribution in [1.29, 1.82) is 0 Å². The molecule has 1 aromatic rings. The maximum absolute atomic E-state index is 14.6. The number of carbonyl (C=O) groups excluding carboxylic acids is 2. The van der Waals surface area contributed by atoms with Crippen LogP contribution in [0.1, 0.15) is 19.8 Å². The van der Waals surface area contributed by atoms with Gasteiger partial charge in [-0.25, -0.2) is 13.6 Å². The number of Topliss-reactive ketones (excluding diaryl/α,β-unsaturated/α-hetero) is 1. The second kappa shape index (κ2) is 6.19. The number of halogens is 2. The van der Waals surface area contributed by atoms with Crippen LogP contribution in [0.25, 0.3) is 0 Å². The first-order valence-electron chi connectivity index (χ1n) is 8.66. The molecule has 3 aliphatic rings. The van der Waals surface area contributed by atoms with Gasteiger partial charge in [0.2, 0.25) is 0 Å². The van der Waals surface area contributed by atoms with E-state index in [0.717, 1.165) is 12.1 Å². The number of hydrogen-bond acceptors (Lipinski definition) is 5. The van der Waals surface area contributed by atoms with Gasteiger partial charge in [0.1, 0.15) is 17.6 Å². The minimum absolute atomic E-state index is 0.00474. The molecule has 26 heavy (non-hydrogen) atoms. The lowest BCUT2D eigenvalue weighted by atomic mass is 9.77. The third kappa shape index (κ3) is 2.92. The average Bonchev–Trinajstić information content (AvgIpc) is 2.85. The van der Waals surface area contributed by atoms with Crippen LogP contribution in [0.2, 0.25) is 0 Å². The van der Waals surface area contributed by atoms with E-state index in [1.54, 1.807) is 4.90 Å².